The first-order chi connectivity index (χ1) is 13.2. The summed E-state index contributed by atoms with van der Waals surface area (Å²) in [6.07, 6.45) is 2.71. The largest absolute Gasteiger partial charge is 0.504 e. The molecule has 0 aromatic heterocycles. The number of hydrogen-bond acceptors (Lipinski definition) is 7. The SMILES string of the molecule is COC(=O)[C@H](Cc1ccc(O)c(O)c1)N(C)C(=O)C=Cc1ccc(O)c(O)c1. The Bertz CT molecular complexity index is 907. The fraction of sp³-hybridized carbons (Fsp3) is 0.200. The number of esters is 1. The normalized spacial score (nSPS) is 11.9. The van der Waals surface area contributed by atoms with Crippen molar-refractivity contribution in [2.45, 2.75) is 12.5 Å². The number of aromatic hydroxyl groups is 4. The highest BCUT2D eigenvalue weighted by molar-refractivity contribution is 5.94. The molecule has 0 fully saturated rings. The lowest BCUT2D eigenvalue weighted by atomic mass is 10.0. The minimum absolute atomic E-state index is 0.0661. The number of carbonyl (C=O) groups excluding carboxylic acids is 2. The number of benzene rings is 2. The maximum absolute atomic E-state index is 12.5. The van der Waals surface area contributed by atoms with Crippen LogP contribution in [-0.4, -0.2) is 57.4 Å². The van der Waals surface area contributed by atoms with Gasteiger partial charge in [0.25, 0.3) is 0 Å². The van der Waals surface area contributed by atoms with Gasteiger partial charge >= 0.3 is 5.97 Å². The molecule has 0 bridgehead atoms. The van der Waals surface area contributed by atoms with Crippen LogP contribution in [0, 0.1) is 0 Å². The summed E-state index contributed by atoms with van der Waals surface area (Å²) < 4.78 is 4.77. The van der Waals surface area contributed by atoms with Crippen LogP contribution < -0.4 is 0 Å². The molecule has 2 rings (SSSR count). The summed E-state index contributed by atoms with van der Waals surface area (Å²) in [4.78, 5) is 25.8. The third-order valence-corrected chi connectivity index (χ3v) is 4.18. The van der Waals surface area contributed by atoms with Crippen molar-refractivity contribution in [3.63, 3.8) is 0 Å². The Morgan fingerprint density at radius 3 is 2.18 bits per heavy atom. The van der Waals surface area contributed by atoms with E-state index in [0.717, 1.165) is 0 Å². The van der Waals surface area contributed by atoms with Crippen molar-refractivity contribution >= 4 is 18.0 Å². The number of nitrogens with zero attached hydrogens (tertiary/aromatic N) is 1. The molecule has 0 radical (unpaired) electrons. The third-order valence-electron chi connectivity index (χ3n) is 4.18. The molecule has 0 saturated heterocycles. The first-order valence-corrected chi connectivity index (χ1v) is 8.28. The smallest absolute Gasteiger partial charge is 0.328 e. The summed E-state index contributed by atoms with van der Waals surface area (Å²) in [7, 11) is 2.64. The first-order valence-electron chi connectivity index (χ1n) is 8.28. The van der Waals surface area contributed by atoms with Crippen molar-refractivity contribution in [3.8, 4) is 23.0 Å². The van der Waals surface area contributed by atoms with Crippen molar-refractivity contribution in [2.24, 2.45) is 0 Å². The molecule has 8 nitrogen and oxygen atoms in total. The van der Waals surface area contributed by atoms with E-state index >= 15 is 0 Å². The zero-order valence-corrected chi connectivity index (χ0v) is 15.4. The molecule has 0 saturated carbocycles. The second-order valence-electron chi connectivity index (χ2n) is 6.10. The monoisotopic (exact) mass is 387 g/mol. The van der Waals surface area contributed by atoms with E-state index in [0.29, 0.717) is 11.1 Å². The summed E-state index contributed by atoms with van der Waals surface area (Å²) in [6, 6.07) is 7.25. The van der Waals surface area contributed by atoms with Gasteiger partial charge in [-0.15, -0.1) is 0 Å². The van der Waals surface area contributed by atoms with Crippen molar-refractivity contribution < 1.29 is 34.8 Å². The van der Waals surface area contributed by atoms with Crippen LogP contribution in [0.4, 0.5) is 0 Å². The summed E-state index contributed by atoms with van der Waals surface area (Å²) in [5.74, 6) is -2.35. The minimum Gasteiger partial charge on any atom is -0.504 e. The maximum Gasteiger partial charge on any atom is 0.328 e. The average molecular weight is 387 g/mol. The number of likely N-dealkylation sites (N-methyl/N-ethyl adjacent to an activating group) is 1. The van der Waals surface area contributed by atoms with E-state index in [-0.39, 0.29) is 29.4 Å². The third kappa shape index (κ3) is 4.94. The van der Waals surface area contributed by atoms with Crippen LogP contribution in [0.2, 0.25) is 0 Å². The molecular weight excluding hydrogens is 366 g/mol. The fourth-order valence-corrected chi connectivity index (χ4v) is 2.52. The van der Waals surface area contributed by atoms with Gasteiger partial charge in [0.2, 0.25) is 5.91 Å². The molecule has 148 valence electrons. The predicted molar refractivity (Wildman–Crippen MR) is 101 cm³/mol. The van der Waals surface area contributed by atoms with Crippen molar-refractivity contribution in [1.82, 2.24) is 4.90 Å². The molecule has 0 aliphatic rings. The standard InChI is InChI=1S/C20H21NO7/c1-21(19(26)8-5-12-3-6-15(22)17(24)10-12)14(20(27)28-2)9-13-4-7-16(23)18(25)11-13/h3-8,10-11,14,22-25H,9H2,1-2H3/t14-/m0/s1. The molecule has 2 aromatic carbocycles. The van der Waals surface area contributed by atoms with Gasteiger partial charge in [-0.1, -0.05) is 12.1 Å². The van der Waals surface area contributed by atoms with Gasteiger partial charge in [0, 0.05) is 19.5 Å². The Hall–Kier alpha value is -3.68. The number of phenolic OH excluding ortho intramolecular Hbond substituents is 4. The van der Waals surface area contributed by atoms with Gasteiger partial charge in [0.1, 0.15) is 6.04 Å². The molecule has 0 aliphatic carbocycles. The fourth-order valence-electron chi connectivity index (χ4n) is 2.52. The lowest BCUT2D eigenvalue weighted by Crippen LogP contribution is -2.43. The highest BCUT2D eigenvalue weighted by Gasteiger charge is 2.27. The van der Waals surface area contributed by atoms with Gasteiger partial charge in [-0.3, -0.25) is 4.79 Å². The number of ether oxygens (including phenoxy) is 1. The number of carbonyl (C=O) groups is 2. The quantitative estimate of drug-likeness (QED) is 0.338. The summed E-state index contributed by atoms with van der Waals surface area (Å²) in [6.45, 7) is 0. The predicted octanol–water partition coefficient (Wildman–Crippen LogP) is 1.76. The topological polar surface area (TPSA) is 128 Å². The van der Waals surface area contributed by atoms with Crippen molar-refractivity contribution in [3.05, 3.63) is 53.6 Å². The zero-order chi connectivity index (χ0) is 20.8. The van der Waals surface area contributed by atoms with E-state index < -0.39 is 17.9 Å². The van der Waals surface area contributed by atoms with Crippen LogP contribution in [0.25, 0.3) is 6.08 Å². The van der Waals surface area contributed by atoms with Crippen LogP contribution in [0.5, 0.6) is 23.0 Å². The Labute approximate surface area is 161 Å². The molecule has 0 spiro atoms. The molecule has 2 aromatic rings. The molecule has 1 atom stereocenters. The lowest BCUT2D eigenvalue weighted by molar-refractivity contribution is -0.150. The number of hydrogen-bond donors (Lipinski definition) is 4. The summed E-state index contributed by atoms with van der Waals surface area (Å²) >= 11 is 0. The van der Waals surface area contributed by atoms with Crippen LogP contribution in [-0.2, 0) is 20.7 Å². The van der Waals surface area contributed by atoms with Crippen LogP contribution in [0.1, 0.15) is 11.1 Å². The number of phenols is 4. The second-order valence-corrected chi connectivity index (χ2v) is 6.10. The van der Waals surface area contributed by atoms with E-state index in [9.17, 15) is 30.0 Å². The zero-order valence-electron chi connectivity index (χ0n) is 15.4. The number of amides is 1. The van der Waals surface area contributed by atoms with E-state index in [4.69, 9.17) is 4.74 Å². The highest BCUT2D eigenvalue weighted by atomic mass is 16.5. The summed E-state index contributed by atoms with van der Waals surface area (Å²) in [5.41, 5.74) is 1.01. The summed E-state index contributed by atoms with van der Waals surface area (Å²) in [5, 5.41) is 37.8. The minimum atomic E-state index is -0.959. The molecule has 0 heterocycles. The van der Waals surface area contributed by atoms with Gasteiger partial charge in [-0.2, -0.15) is 0 Å². The highest BCUT2D eigenvalue weighted by Crippen LogP contribution is 2.27. The second kappa shape index (κ2) is 8.81. The lowest BCUT2D eigenvalue weighted by Gasteiger charge is -2.25. The molecule has 8 heteroatoms. The van der Waals surface area contributed by atoms with Gasteiger partial charge in [0.05, 0.1) is 7.11 Å². The molecule has 0 aliphatic heterocycles. The Morgan fingerprint density at radius 2 is 1.61 bits per heavy atom. The molecule has 1 amide bonds. The number of methoxy groups -OCH3 is 1. The van der Waals surface area contributed by atoms with E-state index in [1.54, 1.807) is 0 Å². The average Bonchev–Trinajstić information content (AvgIpc) is 2.68. The Balaban J connectivity index is 2.18. The van der Waals surface area contributed by atoms with Crippen LogP contribution >= 0.6 is 0 Å². The first kappa shape index (κ1) is 20.6. The molecular formula is C20H21NO7. The van der Waals surface area contributed by atoms with Gasteiger partial charge in [0.15, 0.2) is 23.0 Å². The van der Waals surface area contributed by atoms with Crippen molar-refractivity contribution in [2.75, 3.05) is 14.2 Å². The van der Waals surface area contributed by atoms with Gasteiger partial charge in [-0.05, 0) is 41.5 Å². The van der Waals surface area contributed by atoms with Crippen molar-refractivity contribution in [1.29, 1.82) is 0 Å². The van der Waals surface area contributed by atoms with E-state index in [1.165, 1.54) is 67.6 Å². The van der Waals surface area contributed by atoms with Crippen LogP contribution in [0.3, 0.4) is 0 Å². The maximum atomic E-state index is 12.5. The van der Waals surface area contributed by atoms with E-state index in [1.807, 2.05) is 0 Å². The Kier molecular flexibility index (Phi) is 6.49. The number of rotatable bonds is 6. The van der Waals surface area contributed by atoms with E-state index in [2.05, 4.69) is 0 Å². The Morgan fingerprint density at radius 1 is 1.00 bits per heavy atom. The van der Waals surface area contributed by atoms with Gasteiger partial charge in [-0.25, -0.2) is 4.79 Å². The van der Waals surface area contributed by atoms with Crippen LogP contribution in [0.15, 0.2) is 42.5 Å². The van der Waals surface area contributed by atoms with Gasteiger partial charge < -0.3 is 30.1 Å². The molecule has 0 unspecified atom stereocenters. The molecule has 28 heavy (non-hydrogen) atoms. The molecule has 4 N–H and O–H groups in total.